The smallest absolute Gasteiger partial charge is 0.181 e. The largest absolute Gasteiger partial charge is 0.444 e. The fraction of sp³-hybridized carbons (Fsp3) is 0.143. The minimum atomic E-state index is -0.0449. The van der Waals surface area contributed by atoms with Crippen molar-refractivity contribution in [3.8, 4) is 11.3 Å². The fourth-order valence-electron chi connectivity index (χ4n) is 1.72. The number of azo groups is 1. The highest BCUT2D eigenvalue weighted by Gasteiger charge is 2.01. The maximum Gasteiger partial charge on any atom is 0.181 e. The van der Waals surface area contributed by atoms with E-state index >= 15 is 0 Å². The number of benzene rings is 1. The summed E-state index contributed by atoms with van der Waals surface area (Å²) in [5.41, 5.74) is 2.37. The van der Waals surface area contributed by atoms with Crippen LogP contribution in [0, 0.1) is 0 Å². The zero-order valence-corrected chi connectivity index (χ0v) is 11.8. The Bertz CT molecular complexity index is 720. The third-order valence-corrected chi connectivity index (χ3v) is 3.62. The van der Waals surface area contributed by atoms with E-state index in [2.05, 4.69) is 20.2 Å². The Labute approximate surface area is 124 Å². The van der Waals surface area contributed by atoms with E-state index in [4.69, 9.17) is 9.52 Å². The molecule has 0 amide bonds. The SMILES string of the molecule is OCc1csc(CN=Nc2ccc(-c3cnco3)cc2)n1. The van der Waals surface area contributed by atoms with Crippen LogP contribution in [-0.2, 0) is 13.2 Å². The van der Waals surface area contributed by atoms with E-state index in [1.54, 1.807) is 6.20 Å². The number of aliphatic hydroxyl groups is 1. The van der Waals surface area contributed by atoms with Crippen LogP contribution in [-0.4, -0.2) is 15.1 Å². The Morgan fingerprint density at radius 3 is 2.76 bits per heavy atom. The molecule has 0 fully saturated rings. The van der Waals surface area contributed by atoms with Crippen molar-refractivity contribution in [2.45, 2.75) is 13.2 Å². The Morgan fingerprint density at radius 2 is 2.10 bits per heavy atom. The number of aromatic nitrogens is 2. The fourth-order valence-corrected chi connectivity index (χ4v) is 2.42. The molecule has 2 heterocycles. The van der Waals surface area contributed by atoms with E-state index in [0.717, 1.165) is 22.0 Å². The molecule has 1 aromatic carbocycles. The van der Waals surface area contributed by atoms with Crippen molar-refractivity contribution >= 4 is 17.0 Å². The molecule has 0 saturated heterocycles. The summed E-state index contributed by atoms with van der Waals surface area (Å²) in [6.07, 6.45) is 3.06. The van der Waals surface area contributed by atoms with Crippen molar-refractivity contribution in [1.29, 1.82) is 0 Å². The third kappa shape index (κ3) is 3.39. The van der Waals surface area contributed by atoms with E-state index in [0.29, 0.717) is 12.2 Å². The molecule has 1 N–H and O–H groups in total. The van der Waals surface area contributed by atoms with Gasteiger partial charge in [-0.1, -0.05) is 0 Å². The maximum atomic E-state index is 8.94. The number of hydrogen-bond acceptors (Lipinski definition) is 7. The minimum absolute atomic E-state index is 0.0449. The highest BCUT2D eigenvalue weighted by atomic mass is 32.1. The number of hydrogen-bond donors (Lipinski definition) is 1. The number of nitrogens with zero attached hydrogens (tertiary/aromatic N) is 4. The first-order chi connectivity index (χ1) is 10.3. The lowest BCUT2D eigenvalue weighted by molar-refractivity contribution is 0.277. The third-order valence-electron chi connectivity index (χ3n) is 2.74. The molecule has 2 aromatic heterocycles. The number of aliphatic hydroxyl groups excluding tert-OH is 1. The van der Waals surface area contributed by atoms with Gasteiger partial charge in [0, 0.05) is 10.9 Å². The van der Waals surface area contributed by atoms with E-state index in [-0.39, 0.29) is 6.61 Å². The number of rotatable bonds is 5. The molecule has 0 radical (unpaired) electrons. The van der Waals surface area contributed by atoms with Crippen LogP contribution in [0.15, 0.2) is 56.9 Å². The zero-order valence-electron chi connectivity index (χ0n) is 11.0. The Balaban J connectivity index is 1.63. The molecule has 0 aliphatic rings. The predicted molar refractivity (Wildman–Crippen MR) is 78.2 cm³/mol. The first kappa shape index (κ1) is 13.6. The second-order valence-electron chi connectivity index (χ2n) is 4.20. The van der Waals surface area contributed by atoms with Crippen molar-refractivity contribution in [2.75, 3.05) is 0 Å². The van der Waals surface area contributed by atoms with Crippen molar-refractivity contribution in [2.24, 2.45) is 10.2 Å². The van der Waals surface area contributed by atoms with Gasteiger partial charge in [0.15, 0.2) is 12.2 Å². The minimum Gasteiger partial charge on any atom is -0.444 e. The van der Waals surface area contributed by atoms with Crippen molar-refractivity contribution in [3.05, 3.63) is 52.9 Å². The number of oxazole rings is 1. The van der Waals surface area contributed by atoms with E-state index in [9.17, 15) is 0 Å². The predicted octanol–water partition coefficient (Wildman–Crippen LogP) is 3.57. The van der Waals surface area contributed by atoms with Crippen molar-refractivity contribution < 1.29 is 9.52 Å². The average Bonchev–Trinajstić information content (AvgIpc) is 3.19. The molecule has 3 aromatic rings. The zero-order chi connectivity index (χ0) is 14.5. The van der Waals surface area contributed by atoms with Gasteiger partial charge in [0.05, 0.1) is 24.2 Å². The lowest BCUT2D eigenvalue weighted by atomic mass is 10.2. The van der Waals surface area contributed by atoms with Gasteiger partial charge in [-0.05, 0) is 24.3 Å². The molecule has 6 nitrogen and oxygen atoms in total. The first-order valence-corrected chi connectivity index (χ1v) is 7.13. The summed E-state index contributed by atoms with van der Waals surface area (Å²) in [6.45, 7) is 0.366. The summed E-state index contributed by atoms with van der Waals surface area (Å²) < 4.78 is 5.22. The molecule has 7 heteroatoms. The van der Waals surface area contributed by atoms with Gasteiger partial charge in [-0.3, -0.25) is 0 Å². The highest BCUT2D eigenvalue weighted by molar-refractivity contribution is 7.09. The summed E-state index contributed by atoms with van der Waals surface area (Å²) in [4.78, 5) is 8.08. The van der Waals surface area contributed by atoms with Gasteiger partial charge >= 0.3 is 0 Å². The first-order valence-electron chi connectivity index (χ1n) is 6.26. The molecule has 106 valence electrons. The van der Waals surface area contributed by atoms with Gasteiger partial charge in [-0.2, -0.15) is 10.2 Å². The van der Waals surface area contributed by atoms with Crippen molar-refractivity contribution in [3.63, 3.8) is 0 Å². The molecule has 0 aliphatic heterocycles. The molecule has 0 saturated carbocycles. The van der Waals surface area contributed by atoms with Gasteiger partial charge < -0.3 is 9.52 Å². The van der Waals surface area contributed by atoms with Crippen LogP contribution in [0.25, 0.3) is 11.3 Å². The molecule has 0 atom stereocenters. The summed E-state index contributed by atoms with van der Waals surface area (Å²) in [6, 6.07) is 7.54. The molecule has 3 rings (SSSR count). The van der Waals surface area contributed by atoms with Gasteiger partial charge in [0.25, 0.3) is 0 Å². The molecule has 0 unspecified atom stereocenters. The maximum absolute atomic E-state index is 8.94. The Hall–Kier alpha value is -2.38. The van der Waals surface area contributed by atoms with E-state index in [1.165, 1.54) is 17.7 Å². The molecular formula is C14H12N4O2S. The Kier molecular flexibility index (Phi) is 4.13. The molecule has 21 heavy (non-hydrogen) atoms. The van der Waals surface area contributed by atoms with Crippen LogP contribution >= 0.6 is 11.3 Å². The standard InChI is InChI=1S/C14H12N4O2S/c19-7-12-8-21-14(17-12)6-16-18-11-3-1-10(2-4-11)13-5-15-9-20-13/h1-5,8-9,19H,6-7H2. The van der Waals surface area contributed by atoms with Gasteiger partial charge in [-0.25, -0.2) is 9.97 Å². The topological polar surface area (TPSA) is 83.9 Å². The second-order valence-corrected chi connectivity index (χ2v) is 5.15. The molecular weight excluding hydrogens is 288 g/mol. The van der Waals surface area contributed by atoms with Crippen LogP contribution in [0.3, 0.4) is 0 Å². The van der Waals surface area contributed by atoms with Gasteiger partial charge in [0.2, 0.25) is 0 Å². The summed E-state index contributed by atoms with van der Waals surface area (Å²) in [7, 11) is 0. The van der Waals surface area contributed by atoms with Gasteiger partial charge in [-0.15, -0.1) is 11.3 Å². The monoisotopic (exact) mass is 300 g/mol. The highest BCUT2D eigenvalue weighted by Crippen LogP contribution is 2.22. The van der Waals surface area contributed by atoms with E-state index < -0.39 is 0 Å². The van der Waals surface area contributed by atoms with Crippen LogP contribution < -0.4 is 0 Å². The summed E-state index contributed by atoms with van der Waals surface area (Å²) >= 11 is 1.47. The lowest BCUT2D eigenvalue weighted by Crippen LogP contribution is -1.84. The van der Waals surface area contributed by atoms with Gasteiger partial charge in [0.1, 0.15) is 11.6 Å². The second kappa shape index (κ2) is 6.38. The number of thiazole rings is 1. The van der Waals surface area contributed by atoms with Crippen LogP contribution in [0.5, 0.6) is 0 Å². The molecule has 0 spiro atoms. The quantitative estimate of drug-likeness (QED) is 0.730. The molecule has 0 aliphatic carbocycles. The summed E-state index contributed by atoms with van der Waals surface area (Å²) in [5.74, 6) is 0.720. The van der Waals surface area contributed by atoms with Crippen molar-refractivity contribution in [1.82, 2.24) is 9.97 Å². The van der Waals surface area contributed by atoms with Crippen LogP contribution in [0.4, 0.5) is 5.69 Å². The van der Waals surface area contributed by atoms with Crippen LogP contribution in [0.2, 0.25) is 0 Å². The summed E-state index contributed by atoms with van der Waals surface area (Å²) in [5, 5.41) is 19.8. The van der Waals surface area contributed by atoms with Crippen LogP contribution in [0.1, 0.15) is 10.7 Å². The normalized spacial score (nSPS) is 11.3. The lowest BCUT2D eigenvalue weighted by Gasteiger charge is -1.96. The van der Waals surface area contributed by atoms with E-state index in [1.807, 2.05) is 29.6 Å². The molecule has 0 bridgehead atoms. The average molecular weight is 300 g/mol. The Morgan fingerprint density at radius 1 is 1.24 bits per heavy atom.